The molecule has 4 heteroatoms. The maximum absolute atomic E-state index is 7.04. The summed E-state index contributed by atoms with van der Waals surface area (Å²) < 4.78 is 14.1. The standard InChI is InChI=1S/C56H44N2O2/c1-35(2)51-53-47-31-37-25-27-45(57(41-17-9-5-10-18-41)42-19-11-6-12-20-42)29-39(37)33-49(47)59-55(53)52(36(3)4)56-54(51)48-32-38-26-28-46(30-40(38)34-50(48)60-56)58(43-21-13-7-14-22-43)44-23-15-8-16-24-44/h5-36H,1-4H3. The first-order valence-electron chi connectivity index (χ1n) is 21.0. The number of hydrogen-bond donors (Lipinski definition) is 0. The topological polar surface area (TPSA) is 32.8 Å². The average molecular weight is 777 g/mol. The fraction of sp³-hybridized carbons (Fsp3) is 0.107. The second-order valence-corrected chi connectivity index (χ2v) is 16.5. The van der Waals surface area contributed by atoms with E-state index in [0.29, 0.717) is 0 Å². The highest BCUT2D eigenvalue weighted by molar-refractivity contribution is 6.23. The summed E-state index contributed by atoms with van der Waals surface area (Å²) in [6.07, 6.45) is 0. The molecule has 0 unspecified atom stereocenters. The van der Waals surface area contributed by atoms with E-state index >= 15 is 0 Å². The van der Waals surface area contributed by atoms with Crippen LogP contribution in [0, 0.1) is 0 Å². The molecule has 0 N–H and O–H groups in total. The van der Waals surface area contributed by atoms with Crippen LogP contribution in [-0.2, 0) is 0 Å². The number of rotatable bonds is 8. The van der Waals surface area contributed by atoms with Gasteiger partial charge in [-0.2, -0.15) is 0 Å². The molecule has 0 saturated heterocycles. The molecule has 9 aromatic carbocycles. The third kappa shape index (κ3) is 5.82. The summed E-state index contributed by atoms with van der Waals surface area (Å²) in [4.78, 5) is 4.62. The van der Waals surface area contributed by atoms with E-state index in [1.807, 2.05) is 0 Å². The molecule has 2 heterocycles. The van der Waals surface area contributed by atoms with Crippen LogP contribution in [0.2, 0.25) is 0 Å². The molecule has 11 aromatic rings. The van der Waals surface area contributed by atoms with Crippen LogP contribution in [0.15, 0.2) is 191 Å². The number of benzene rings is 9. The molecule has 0 amide bonds. The summed E-state index contributed by atoms with van der Waals surface area (Å²) in [6, 6.07) is 64.9. The largest absolute Gasteiger partial charge is 0.456 e. The molecule has 0 spiro atoms. The van der Waals surface area contributed by atoms with Crippen molar-refractivity contribution < 1.29 is 8.83 Å². The Bertz CT molecular complexity index is 3070. The second-order valence-electron chi connectivity index (χ2n) is 16.5. The van der Waals surface area contributed by atoms with Gasteiger partial charge in [-0.05, 0) is 136 Å². The molecule has 0 radical (unpaired) electrons. The lowest BCUT2D eigenvalue weighted by atomic mass is 9.87. The zero-order chi connectivity index (χ0) is 40.5. The third-order valence-electron chi connectivity index (χ3n) is 12.0. The lowest BCUT2D eigenvalue weighted by molar-refractivity contribution is 0.637. The Labute approximate surface area is 349 Å². The Morgan fingerprint density at radius 1 is 0.333 bits per heavy atom. The van der Waals surface area contributed by atoms with E-state index in [2.05, 4.69) is 219 Å². The van der Waals surface area contributed by atoms with Crippen molar-refractivity contribution >= 4 is 99.5 Å². The van der Waals surface area contributed by atoms with Gasteiger partial charge in [-0.15, -0.1) is 0 Å². The molecular weight excluding hydrogens is 733 g/mol. The molecule has 0 fully saturated rings. The molecule has 11 rings (SSSR count). The lowest BCUT2D eigenvalue weighted by Gasteiger charge is -2.25. The Morgan fingerprint density at radius 2 is 0.683 bits per heavy atom. The monoisotopic (exact) mass is 776 g/mol. The molecule has 0 saturated carbocycles. The van der Waals surface area contributed by atoms with Gasteiger partial charge in [0.25, 0.3) is 0 Å². The van der Waals surface area contributed by atoms with E-state index in [1.165, 1.54) is 27.1 Å². The highest BCUT2D eigenvalue weighted by Crippen LogP contribution is 2.49. The minimum atomic E-state index is 0.162. The highest BCUT2D eigenvalue weighted by Gasteiger charge is 2.28. The van der Waals surface area contributed by atoms with Crippen molar-refractivity contribution in [3.8, 4) is 0 Å². The smallest absolute Gasteiger partial charge is 0.142 e. The number of hydrogen-bond acceptors (Lipinski definition) is 4. The quantitative estimate of drug-likeness (QED) is 0.154. The van der Waals surface area contributed by atoms with E-state index in [1.54, 1.807) is 0 Å². The van der Waals surface area contributed by atoms with Crippen molar-refractivity contribution in [2.24, 2.45) is 0 Å². The molecule has 0 aliphatic carbocycles. The molecule has 0 bridgehead atoms. The van der Waals surface area contributed by atoms with Gasteiger partial charge in [-0.3, -0.25) is 0 Å². The molecule has 290 valence electrons. The zero-order valence-corrected chi connectivity index (χ0v) is 34.2. The Morgan fingerprint density at radius 3 is 1.02 bits per heavy atom. The average Bonchev–Trinajstić information content (AvgIpc) is 3.82. The lowest BCUT2D eigenvalue weighted by Crippen LogP contribution is -2.09. The van der Waals surface area contributed by atoms with Crippen molar-refractivity contribution in [2.75, 3.05) is 9.80 Å². The van der Waals surface area contributed by atoms with Crippen LogP contribution in [0.5, 0.6) is 0 Å². The fourth-order valence-electron chi connectivity index (χ4n) is 9.38. The fourth-order valence-corrected chi connectivity index (χ4v) is 9.38. The van der Waals surface area contributed by atoms with E-state index in [-0.39, 0.29) is 11.8 Å². The number of nitrogens with zero attached hydrogens (tertiary/aromatic N) is 2. The maximum atomic E-state index is 7.04. The van der Waals surface area contributed by atoms with Crippen molar-refractivity contribution in [2.45, 2.75) is 39.5 Å². The van der Waals surface area contributed by atoms with Gasteiger partial charge >= 0.3 is 0 Å². The van der Waals surface area contributed by atoms with Crippen LogP contribution >= 0.6 is 0 Å². The van der Waals surface area contributed by atoms with Gasteiger partial charge in [-0.1, -0.05) is 113 Å². The normalized spacial score (nSPS) is 12.0. The maximum Gasteiger partial charge on any atom is 0.142 e. The van der Waals surface area contributed by atoms with E-state index < -0.39 is 0 Å². The van der Waals surface area contributed by atoms with Gasteiger partial charge in [0.05, 0.1) is 0 Å². The van der Waals surface area contributed by atoms with Crippen LogP contribution in [0.25, 0.3) is 65.4 Å². The summed E-state index contributed by atoms with van der Waals surface area (Å²) in [7, 11) is 0. The first kappa shape index (κ1) is 35.8. The van der Waals surface area contributed by atoms with Crippen LogP contribution in [0.1, 0.15) is 50.7 Å². The van der Waals surface area contributed by atoms with E-state index in [9.17, 15) is 0 Å². The van der Waals surface area contributed by atoms with Gasteiger partial charge in [0.1, 0.15) is 22.3 Å². The summed E-state index contributed by atoms with van der Waals surface area (Å²) in [5.74, 6) is 0.375. The second kappa shape index (κ2) is 14.2. The van der Waals surface area contributed by atoms with E-state index in [4.69, 9.17) is 8.83 Å². The predicted octanol–water partition coefficient (Wildman–Crippen LogP) is 17.0. The number of furan rings is 2. The highest BCUT2D eigenvalue weighted by atomic mass is 16.3. The van der Waals surface area contributed by atoms with Crippen LogP contribution < -0.4 is 9.80 Å². The summed E-state index contributed by atoms with van der Waals surface area (Å²) in [5, 5.41) is 9.28. The van der Waals surface area contributed by atoms with Crippen molar-refractivity contribution in [3.63, 3.8) is 0 Å². The van der Waals surface area contributed by atoms with Crippen LogP contribution in [0.3, 0.4) is 0 Å². The molecule has 0 atom stereocenters. The van der Waals surface area contributed by atoms with Gasteiger partial charge in [0.15, 0.2) is 0 Å². The molecular formula is C56H44N2O2. The summed E-state index contributed by atoms with van der Waals surface area (Å²) >= 11 is 0. The van der Waals surface area contributed by atoms with Gasteiger partial charge in [0, 0.05) is 61.2 Å². The minimum Gasteiger partial charge on any atom is -0.456 e. The van der Waals surface area contributed by atoms with Gasteiger partial charge in [-0.25, -0.2) is 0 Å². The van der Waals surface area contributed by atoms with Crippen LogP contribution in [0.4, 0.5) is 34.1 Å². The SMILES string of the molecule is CC(C)c1c2oc3cc4cc(N(c5ccccc5)c5ccccc5)ccc4cc3c2c(C(C)C)c2c1oc1cc3cc(N(c4ccccc4)c4ccccc4)ccc3cc12. The summed E-state index contributed by atoms with van der Waals surface area (Å²) in [6.45, 7) is 9.09. The van der Waals surface area contributed by atoms with Gasteiger partial charge < -0.3 is 18.6 Å². The molecule has 2 aromatic heterocycles. The molecule has 60 heavy (non-hydrogen) atoms. The third-order valence-corrected chi connectivity index (χ3v) is 12.0. The van der Waals surface area contributed by atoms with Crippen LogP contribution in [-0.4, -0.2) is 0 Å². The molecule has 0 aliphatic heterocycles. The zero-order valence-electron chi connectivity index (χ0n) is 34.2. The van der Waals surface area contributed by atoms with E-state index in [0.717, 1.165) is 83.6 Å². The first-order valence-corrected chi connectivity index (χ1v) is 21.0. The Hall–Kier alpha value is -7.30. The predicted molar refractivity (Wildman–Crippen MR) is 254 cm³/mol. The molecule has 0 aliphatic rings. The Kier molecular flexibility index (Phi) is 8.49. The first-order chi connectivity index (χ1) is 29.4. The number of fused-ring (bicyclic) bond motifs is 8. The number of anilines is 6. The number of para-hydroxylation sites is 4. The van der Waals surface area contributed by atoms with Crippen molar-refractivity contribution in [1.29, 1.82) is 0 Å². The van der Waals surface area contributed by atoms with Crippen molar-refractivity contribution in [3.05, 3.63) is 193 Å². The minimum absolute atomic E-state index is 0.162. The van der Waals surface area contributed by atoms with Gasteiger partial charge in [0.2, 0.25) is 0 Å². The summed E-state index contributed by atoms with van der Waals surface area (Å²) in [5.41, 5.74) is 12.7. The van der Waals surface area contributed by atoms with Crippen molar-refractivity contribution in [1.82, 2.24) is 0 Å². The molecule has 4 nitrogen and oxygen atoms in total. The Balaban J connectivity index is 1.11.